The van der Waals surface area contributed by atoms with Crippen molar-refractivity contribution in [1.82, 2.24) is 20.3 Å². The first-order valence-electron chi connectivity index (χ1n) is 10.7. The van der Waals surface area contributed by atoms with Crippen LogP contribution in [-0.4, -0.2) is 27.1 Å². The zero-order chi connectivity index (χ0) is 24.2. The molecule has 0 saturated carbocycles. The maximum atomic E-state index is 12.8. The molecule has 8 heteroatoms. The topological polar surface area (TPSA) is 118 Å². The van der Waals surface area contributed by atoms with Crippen LogP contribution in [0.2, 0.25) is 0 Å². The van der Waals surface area contributed by atoms with E-state index in [4.69, 9.17) is 5.73 Å². The Morgan fingerprint density at radius 3 is 2.76 bits per heavy atom. The number of amides is 1. The van der Waals surface area contributed by atoms with Gasteiger partial charge in [-0.15, -0.1) is 11.8 Å². The summed E-state index contributed by atoms with van der Waals surface area (Å²) in [6, 6.07) is 13.6. The van der Waals surface area contributed by atoms with Gasteiger partial charge in [0.25, 0.3) is 5.91 Å². The van der Waals surface area contributed by atoms with Gasteiger partial charge in [0.15, 0.2) is 0 Å². The van der Waals surface area contributed by atoms with E-state index < -0.39 is 0 Å². The molecule has 1 amide bonds. The number of thioether (sulfide) groups is 1. The number of nitrogens with one attached hydrogen (secondary N) is 1. The van der Waals surface area contributed by atoms with E-state index in [2.05, 4.69) is 38.5 Å². The minimum Gasteiger partial charge on any atom is -0.383 e. The molecular formula is C26H24N6OS. The van der Waals surface area contributed by atoms with Gasteiger partial charge in [-0.1, -0.05) is 0 Å². The molecular weight excluding hydrogens is 444 g/mol. The zero-order valence-electron chi connectivity index (χ0n) is 19.2. The summed E-state index contributed by atoms with van der Waals surface area (Å²) in [4.78, 5) is 27.2. The van der Waals surface area contributed by atoms with Gasteiger partial charge in [0, 0.05) is 52.6 Å². The number of nitriles is 1. The van der Waals surface area contributed by atoms with Gasteiger partial charge in [0.2, 0.25) is 0 Å². The molecule has 0 saturated heterocycles. The quantitative estimate of drug-likeness (QED) is 0.404. The van der Waals surface area contributed by atoms with Crippen molar-refractivity contribution < 1.29 is 4.79 Å². The fourth-order valence-electron chi connectivity index (χ4n) is 3.78. The third-order valence-electron chi connectivity index (χ3n) is 5.54. The predicted octanol–water partition coefficient (Wildman–Crippen LogP) is 4.34. The number of nitrogens with two attached hydrogens (primary N) is 1. The van der Waals surface area contributed by atoms with Gasteiger partial charge in [-0.25, -0.2) is 4.98 Å². The van der Waals surface area contributed by atoms with Crippen LogP contribution in [0.5, 0.6) is 0 Å². The molecule has 0 atom stereocenters. The first-order valence-corrected chi connectivity index (χ1v) is 11.9. The summed E-state index contributed by atoms with van der Waals surface area (Å²) in [5.74, 6) is -0.0281. The first kappa shape index (κ1) is 23.2. The summed E-state index contributed by atoms with van der Waals surface area (Å²) in [5.41, 5.74) is 12.0. The molecule has 0 radical (unpaired) electrons. The van der Waals surface area contributed by atoms with Crippen LogP contribution in [0.25, 0.3) is 10.9 Å². The van der Waals surface area contributed by atoms with Gasteiger partial charge >= 0.3 is 0 Å². The summed E-state index contributed by atoms with van der Waals surface area (Å²) in [6.07, 6.45) is 6.18. The average Bonchev–Trinajstić information content (AvgIpc) is 2.82. The van der Waals surface area contributed by atoms with Crippen molar-refractivity contribution in [1.29, 1.82) is 5.26 Å². The number of hydrogen-bond donors (Lipinski definition) is 2. The molecule has 0 bridgehead atoms. The number of pyridine rings is 3. The monoisotopic (exact) mass is 468 g/mol. The Morgan fingerprint density at radius 2 is 2.00 bits per heavy atom. The number of nitrogens with zero attached hydrogens (tertiary/aromatic N) is 4. The highest BCUT2D eigenvalue weighted by Crippen LogP contribution is 2.28. The molecule has 3 aromatic heterocycles. The Labute approximate surface area is 202 Å². The predicted molar refractivity (Wildman–Crippen MR) is 135 cm³/mol. The lowest BCUT2D eigenvalue weighted by Crippen LogP contribution is -2.24. The van der Waals surface area contributed by atoms with Crippen molar-refractivity contribution in [3.63, 3.8) is 0 Å². The summed E-state index contributed by atoms with van der Waals surface area (Å²) in [5, 5.41) is 13.2. The smallest absolute Gasteiger partial charge is 0.251 e. The van der Waals surface area contributed by atoms with Gasteiger partial charge in [-0.2, -0.15) is 5.26 Å². The number of anilines is 1. The van der Waals surface area contributed by atoms with Gasteiger partial charge in [0.1, 0.15) is 11.9 Å². The molecule has 4 rings (SSSR count). The Hall–Kier alpha value is -3.96. The number of hydrogen-bond acceptors (Lipinski definition) is 7. The summed E-state index contributed by atoms with van der Waals surface area (Å²) >= 11 is 1.67. The van der Waals surface area contributed by atoms with Crippen molar-refractivity contribution >= 4 is 34.4 Å². The average molecular weight is 469 g/mol. The molecule has 34 heavy (non-hydrogen) atoms. The van der Waals surface area contributed by atoms with E-state index in [-0.39, 0.29) is 18.3 Å². The normalized spacial score (nSPS) is 10.8. The zero-order valence-corrected chi connectivity index (χ0v) is 20.0. The number of carbonyl (C=O) groups excluding carboxylic acids is 1. The number of carbonyl (C=O) groups is 1. The van der Waals surface area contributed by atoms with Crippen molar-refractivity contribution in [2.45, 2.75) is 31.7 Å². The van der Waals surface area contributed by atoms with Crippen molar-refractivity contribution in [3.05, 3.63) is 88.0 Å². The summed E-state index contributed by atoms with van der Waals surface area (Å²) < 4.78 is 0. The van der Waals surface area contributed by atoms with Crippen molar-refractivity contribution in [2.24, 2.45) is 0 Å². The minimum atomic E-state index is -0.221. The highest BCUT2D eigenvalue weighted by Gasteiger charge is 2.12. The highest BCUT2D eigenvalue weighted by atomic mass is 32.2. The van der Waals surface area contributed by atoms with Gasteiger partial charge in [-0.05, 0) is 73.2 Å². The van der Waals surface area contributed by atoms with E-state index in [1.165, 1.54) is 0 Å². The second-order valence-electron chi connectivity index (χ2n) is 8.06. The largest absolute Gasteiger partial charge is 0.383 e. The van der Waals surface area contributed by atoms with Crippen LogP contribution in [-0.2, 0) is 13.0 Å². The maximum absolute atomic E-state index is 12.8. The Balaban J connectivity index is 1.52. The maximum Gasteiger partial charge on any atom is 0.251 e. The minimum absolute atomic E-state index is 0.193. The van der Waals surface area contributed by atoms with Crippen LogP contribution >= 0.6 is 11.8 Å². The SMILES string of the molecule is CSc1cc(Cc2cc(C(=O)NCc3cc(C#N)c(N)nc3C)ccn2)cc2cc(C)cnc12. The van der Waals surface area contributed by atoms with Crippen LogP contribution in [0, 0.1) is 25.2 Å². The van der Waals surface area contributed by atoms with Gasteiger partial charge in [-0.3, -0.25) is 14.8 Å². The fourth-order valence-corrected chi connectivity index (χ4v) is 4.41. The molecule has 0 spiro atoms. The molecule has 3 heterocycles. The lowest BCUT2D eigenvalue weighted by Gasteiger charge is -2.11. The molecule has 4 aromatic rings. The van der Waals surface area contributed by atoms with Crippen molar-refractivity contribution in [2.75, 3.05) is 12.0 Å². The summed E-state index contributed by atoms with van der Waals surface area (Å²) in [6.45, 7) is 4.08. The Morgan fingerprint density at radius 1 is 1.18 bits per heavy atom. The lowest BCUT2D eigenvalue weighted by atomic mass is 10.0. The van der Waals surface area contributed by atoms with Crippen molar-refractivity contribution in [3.8, 4) is 6.07 Å². The number of aryl methyl sites for hydroxylation is 2. The highest BCUT2D eigenvalue weighted by molar-refractivity contribution is 7.98. The second-order valence-corrected chi connectivity index (χ2v) is 8.90. The van der Waals surface area contributed by atoms with E-state index >= 15 is 0 Å². The molecule has 3 N–H and O–H groups in total. The van der Waals surface area contributed by atoms with Crippen LogP contribution < -0.4 is 11.1 Å². The van der Waals surface area contributed by atoms with Crippen LogP contribution in [0.3, 0.4) is 0 Å². The molecule has 0 aliphatic rings. The van der Waals surface area contributed by atoms with E-state index in [9.17, 15) is 10.1 Å². The van der Waals surface area contributed by atoms with E-state index in [1.807, 2.05) is 31.5 Å². The Kier molecular flexibility index (Phi) is 6.75. The van der Waals surface area contributed by atoms with Crippen LogP contribution in [0.4, 0.5) is 5.82 Å². The molecule has 1 aromatic carbocycles. The Bertz CT molecular complexity index is 1440. The van der Waals surface area contributed by atoms with Crippen LogP contribution in [0.1, 0.15) is 44.0 Å². The first-order chi connectivity index (χ1) is 16.4. The van der Waals surface area contributed by atoms with E-state index in [0.29, 0.717) is 23.2 Å². The third-order valence-corrected chi connectivity index (χ3v) is 6.29. The number of benzene rings is 1. The van der Waals surface area contributed by atoms with Gasteiger partial charge < -0.3 is 11.1 Å². The van der Waals surface area contributed by atoms with E-state index in [1.54, 1.807) is 37.0 Å². The van der Waals surface area contributed by atoms with Gasteiger partial charge in [0.05, 0.1) is 11.1 Å². The molecule has 170 valence electrons. The lowest BCUT2D eigenvalue weighted by molar-refractivity contribution is 0.0950. The number of aromatic nitrogens is 3. The molecule has 0 aliphatic carbocycles. The standard InChI is InChI=1S/C26H24N6OS/c1-15-6-19-7-17(9-23(34-3)24(19)30-13-15)8-22-11-18(4-5-29-22)26(33)31-14-21-10-20(12-27)25(28)32-16(21)2/h4-7,9-11,13H,8,14H2,1-3H3,(H2,28,32)(H,31,33). The molecule has 0 fully saturated rings. The summed E-state index contributed by atoms with van der Waals surface area (Å²) in [7, 11) is 0. The number of nitrogen functional groups attached to an aromatic ring is 1. The number of fused-ring (bicyclic) bond motifs is 1. The number of rotatable bonds is 6. The second kappa shape index (κ2) is 9.89. The van der Waals surface area contributed by atoms with E-state index in [0.717, 1.165) is 38.2 Å². The fraction of sp³-hybridized carbons (Fsp3) is 0.192. The molecule has 0 unspecified atom stereocenters. The molecule has 0 aliphatic heterocycles. The molecule has 7 nitrogen and oxygen atoms in total. The van der Waals surface area contributed by atoms with Crippen LogP contribution in [0.15, 0.2) is 53.7 Å². The third kappa shape index (κ3) is 5.00.